The summed E-state index contributed by atoms with van der Waals surface area (Å²) in [5.74, 6) is 0. The Morgan fingerprint density at radius 3 is 1.86 bits per heavy atom. The molecule has 1 aliphatic rings. The first-order chi connectivity index (χ1) is 13.4. The Balaban J connectivity index is 1.86. The first kappa shape index (κ1) is 17.5. The van der Waals surface area contributed by atoms with E-state index < -0.39 is 0 Å². The molecule has 0 unspecified atom stereocenters. The van der Waals surface area contributed by atoms with Crippen molar-refractivity contribution in [2.75, 3.05) is 0 Å². The van der Waals surface area contributed by atoms with Crippen molar-refractivity contribution in [2.45, 2.75) is 54.4 Å². The average molecular weight is 365 g/mol. The van der Waals surface area contributed by atoms with E-state index in [1.54, 1.807) is 5.56 Å². The van der Waals surface area contributed by atoms with Gasteiger partial charge in [0.05, 0.1) is 0 Å². The number of hydrogen-bond donors (Lipinski definition) is 0. The summed E-state index contributed by atoms with van der Waals surface area (Å²) in [6, 6.07) is 14.3. The molecule has 4 aromatic rings. The lowest BCUT2D eigenvalue weighted by Gasteiger charge is -2.26. The summed E-state index contributed by atoms with van der Waals surface area (Å²) in [6.45, 7) is 13.6. The zero-order valence-corrected chi connectivity index (χ0v) is 17.9. The lowest BCUT2D eigenvalue weighted by molar-refractivity contribution is 0.933. The highest BCUT2D eigenvalue weighted by Gasteiger charge is 2.22. The summed E-state index contributed by atoms with van der Waals surface area (Å²) in [7, 11) is 0. The van der Waals surface area contributed by atoms with Gasteiger partial charge in [0.1, 0.15) is 0 Å². The Bertz CT molecular complexity index is 1300. The van der Waals surface area contributed by atoms with Gasteiger partial charge in [0.25, 0.3) is 0 Å². The molecule has 1 aliphatic carbocycles. The lowest BCUT2D eigenvalue weighted by atomic mass is 9.78. The molecule has 28 heavy (non-hydrogen) atoms. The van der Waals surface area contributed by atoms with Crippen molar-refractivity contribution >= 4 is 21.5 Å². The van der Waals surface area contributed by atoms with Crippen molar-refractivity contribution in [3.8, 4) is 11.1 Å². The third kappa shape index (κ3) is 2.24. The van der Waals surface area contributed by atoms with Gasteiger partial charge in [-0.05, 0) is 132 Å². The summed E-state index contributed by atoms with van der Waals surface area (Å²) in [6.07, 6.45) is 2.29. The number of aryl methyl sites for hydroxylation is 4. The molecule has 0 fully saturated rings. The van der Waals surface area contributed by atoms with Gasteiger partial charge in [-0.25, -0.2) is 0 Å². The molecule has 0 spiro atoms. The molecule has 4 aromatic carbocycles. The molecule has 0 N–H and O–H groups in total. The van der Waals surface area contributed by atoms with E-state index in [4.69, 9.17) is 0 Å². The molecule has 0 aromatic heterocycles. The fraction of sp³-hybridized carbons (Fsp3) is 0.286. The van der Waals surface area contributed by atoms with Gasteiger partial charge in [-0.3, -0.25) is 0 Å². The summed E-state index contributed by atoms with van der Waals surface area (Å²) in [5, 5.41) is 5.65. The number of fused-ring (bicyclic) bond motifs is 7. The largest absolute Gasteiger partial charge is 0.0535 e. The Labute approximate surface area is 168 Å². The Kier molecular flexibility index (Phi) is 3.72. The van der Waals surface area contributed by atoms with Crippen LogP contribution in [0, 0.1) is 41.5 Å². The van der Waals surface area contributed by atoms with E-state index >= 15 is 0 Å². The van der Waals surface area contributed by atoms with Gasteiger partial charge in [0, 0.05) is 0 Å². The summed E-state index contributed by atoms with van der Waals surface area (Å²) >= 11 is 0. The molecule has 0 amide bonds. The molecule has 0 radical (unpaired) electrons. The van der Waals surface area contributed by atoms with E-state index in [1.165, 1.54) is 71.6 Å². The highest BCUT2D eigenvalue weighted by molar-refractivity contribution is 6.11. The quantitative estimate of drug-likeness (QED) is 0.282. The van der Waals surface area contributed by atoms with Gasteiger partial charge >= 0.3 is 0 Å². The summed E-state index contributed by atoms with van der Waals surface area (Å²) in [5.41, 5.74) is 14.6. The zero-order valence-electron chi connectivity index (χ0n) is 17.9. The Morgan fingerprint density at radius 1 is 0.464 bits per heavy atom. The van der Waals surface area contributed by atoms with E-state index in [-0.39, 0.29) is 0 Å². The second kappa shape index (κ2) is 5.95. The average Bonchev–Trinajstić information content (AvgIpc) is 2.69. The van der Waals surface area contributed by atoms with Crippen LogP contribution in [-0.2, 0) is 12.8 Å². The summed E-state index contributed by atoms with van der Waals surface area (Å²) in [4.78, 5) is 0. The van der Waals surface area contributed by atoms with Gasteiger partial charge in [0.2, 0.25) is 0 Å². The molecule has 5 rings (SSSR count). The predicted octanol–water partition coefficient (Wildman–Crippen LogP) is 7.61. The monoisotopic (exact) mass is 364 g/mol. The van der Waals surface area contributed by atoms with Crippen LogP contribution >= 0.6 is 0 Å². The maximum atomic E-state index is 2.42. The fourth-order valence-corrected chi connectivity index (χ4v) is 5.27. The van der Waals surface area contributed by atoms with Gasteiger partial charge in [-0.1, -0.05) is 36.4 Å². The minimum atomic E-state index is 1.14. The maximum Gasteiger partial charge on any atom is -0.00998 e. The normalized spacial score (nSPS) is 13.1. The maximum absolute atomic E-state index is 2.42. The first-order valence-electron chi connectivity index (χ1n) is 10.4. The van der Waals surface area contributed by atoms with Gasteiger partial charge in [-0.2, -0.15) is 0 Å². The van der Waals surface area contributed by atoms with E-state index in [2.05, 4.69) is 77.9 Å². The topological polar surface area (TPSA) is 0 Å². The zero-order chi connectivity index (χ0) is 19.7. The summed E-state index contributed by atoms with van der Waals surface area (Å²) < 4.78 is 0. The highest BCUT2D eigenvalue weighted by atomic mass is 14.3. The molecule has 140 valence electrons. The SMILES string of the molecule is Cc1cc2c(c(C)c1C)CCc1c-2ccc2c1ccc1c(C)c(C)c(C)cc12. The van der Waals surface area contributed by atoms with Crippen LogP contribution < -0.4 is 0 Å². The van der Waals surface area contributed by atoms with Crippen LogP contribution in [0.2, 0.25) is 0 Å². The van der Waals surface area contributed by atoms with Crippen LogP contribution in [-0.4, -0.2) is 0 Å². The van der Waals surface area contributed by atoms with Crippen LogP contribution in [0.1, 0.15) is 44.5 Å². The van der Waals surface area contributed by atoms with E-state index in [0.29, 0.717) is 0 Å². The molecular formula is C28H28. The standard InChI is InChI=1S/C28H28/c1-15-13-27-21(19(5)17(15)3)7-9-23-24-10-8-22-20(6)18(4)16(2)14-28(22)26(24)12-11-25(23)27/h7,9,11-14H,8,10H2,1-6H3. The Hall–Kier alpha value is -2.60. The molecular weight excluding hydrogens is 336 g/mol. The minimum Gasteiger partial charge on any atom is -0.0535 e. The molecule has 0 heterocycles. The van der Waals surface area contributed by atoms with Gasteiger partial charge in [0.15, 0.2) is 0 Å². The third-order valence-electron chi connectivity index (χ3n) is 7.48. The third-order valence-corrected chi connectivity index (χ3v) is 7.48. The van der Waals surface area contributed by atoms with Crippen LogP contribution in [0.3, 0.4) is 0 Å². The second-order valence-corrected chi connectivity index (χ2v) is 8.76. The molecule has 0 aliphatic heterocycles. The van der Waals surface area contributed by atoms with E-state index in [9.17, 15) is 0 Å². The van der Waals surface area contributed by atoms with Crippen molar-refractivity contribution in [2.24, 2.45) is 0 Å². The second-order valence-electron chi connectivity index (χ2n) is 8.76. The van der Waals surface area contributed by atoms with Crippen LogP contribution in [0.25, 0.3) is 32.7 Å². The highest BCUT2D eigenvalue weighted by Crippen LogP contribution is 2.42. The molecule has 0 bridgehead atoms. The molecule has 0 atom stereocenters. The minimum absolute atomic E-state index is 1.14. The lowest BCUT2D eigenvalue weighted by Crippen LogP contribution is -2.08. The Morgan fingerprint density at radius 2 is 1.07 bits per heavy atom. The van der Waals surface area contributed by atoms with Gasteiger partial charge in [-0.15, -0.1) is 0 Å². The van der Waals surface area contributed by atoms with Gasteiger partial charge < -0.3 is 0 Å². The van der Waals surface area contributed by atoms with Crippen LogP contribution in [0.4, 0.5) is 0 Å². The first-order valence-corrected chi connectivity index (χ1v) is 10.4. The number of rotatable bonds is 0. The number of hydrogen-bond acceptors (Lipinski definition) is 0. The molecule has 0 nitrogen and oxygen atoms in total. The molecule has 0 saturated carbocycles. The van der Waals surface area contributed by atoms with E-state index in [0.717, 1.165) is 12.8 Å². The smallest absolute Gasteiger partial charge is 0.00998 e. The van der Waals surface area contributed by atoms with E-state index in [1.807, 2.05) is 0 Å². The predicted molar refractivity (Wildman–Crippen MR) is 123 cm³/mol. The fourth-order valence-electron chi connectivity index (χ4n) is 5.27. The van der Waals surface area contributed by atoms with Crippen molar-refractivity contribution in [3.63, 3.8) is 0 Å². The van der Waals surface area contributed by atoms with Crippen molar-refractivity contribution in [1.82, 2.24) is 0 Å². The molecule has 0 saturated heterocycles. The van der Waals surface area contributed by atoms with Crippen LogP contribution in [0.15, 0.2) is 36.4 Å². The van der Waals surface area contributed by atoms with Crippen molar-refractivity contribution in [1.29, 1.82) is 0 Å². The van der Waals surface area contributed by atoms with Crippen molar-refractivity contribution < 1.29 is 0 Å². The number of benzene rings is 4. The van der Waals surface area contributed by atoms with Crippen molar-refractivity contribution in [3.05, 3.63) is 80.9 Å². The molecule has 0 heteroatoms. The van der Waals surface area contributed by atoms with Crippen LogP contribution in [0.5, 0.6) is 0 Å².